The Hall–Kier alpha value is -2.82. The van der Waals surface area contributed by atoms with Gasteiger partial charge in [0.2, 0.25) is 5.91 Å². The van der Waals surface area contributed by atoms with Crippen molar-refractivity contribution < 1.29 is 14.3 Å². The molecule has 1 N–H and O–H groups in total. The van der Waals surface area contributed by atoms with Gasteiger partial charge in [0.15, 0.2) is 0 Å². The predicted molar refractivity (Wildman–Crippen MR) is 111 cm³/mol. The highest BCUT2D eigenvalue weighted by molar-refractivity contribution is 5.95. The Morgan fingerprint density at radius 2 is 1.71 bits per heavy atom. The molecule has 0 spiro atoms. The molecule has 2 aromatic carbocycles. The van der Waals surface area contributed by atoms with Crippen molar-refractivity contribution in [2.75, 3.05) is 25.0 Å². The van der Waals surface area contributed by atoms with E-state index in [1.807, 2.05) is 68.1 Å². The van der Waals surface area contributed by atoms with Crippen molar-refractivity contribution in [1.82, 2.24) is 4.90 Å². The number of piperidine rings is 1. The first-order chi connectivity index (χ1) is 13.5. The molecule has 1 fully saturated rings. The number of aryl methyl sites for hydroxylation is 2. The molecule has 3 rings (SSSR count). The number of hydrogen-bond acceptors (Lipinski definition) is 3. The topological polar surface area (TPSA) is 58.6 Å². The number of hydrogen-bond donors (Lipinski definition) is 1. The van der Waals surface area contributed by atoms with Gasteiger partial charge in [-0.25, -0.2) is 0 Å². The second-order valence-corrected chi connectivity index (χ2v) is 7.31. The molecule has 5 heteroatoms. The molecular formula is C23H28N2O3. The SMILES string of the molecule is CCOc1ccc(NC(=O)C2CCN(C(=O)c3ccc(C)c(C)c3)CC2)cc1. The van der Waals surface area contributed by atoms with Crippen molar-refractivity contribution in [3.8, 4) is 5.75 Å². The van der Waals surface area contributed by atoms with E-state index < -0.39 is 0 Å². The van der Waals surface area contributed by atoms with Crippen LogP contribution in [0.4, 0.5) is 5.69 Å². The first-order valence-electron chi connectivity index (χ1n) is 9.88. The van der Waals surface area contributed by atoms with Crippen molar-refractivity contribution >= 4 is 17.5 Å². The van der Waals surface area contributed by atoms with Crippen molar-refractivity contribution in [2.45, 2.75) is 33.6 Å². The van der Waals surface area contributed by atoms with E-state index in [1.54, 1.807) is 0 Å². The molecule has 1 heterocycles. The van der Waals surface area contributed by atoms with Crippen LogP contribution in [0.1, 0.15) is 41.3 Å². The minimum atomic E-state index is -0.0737. The summed E-state index contributed by atoms with van der Waals surface area (Å²) < 4.78 is 5.42. The van der Waals surface area contributed by atoms with Gasteiger partial charge in [-0.05, 0) is 81.1 Å². The summed E-state index contributed by atoms with van der Waals surface area (Å²) in [6.07, 6.45) is 1.36. The third-order valence-electron chi connectivity index (χ3n) is 5.34. The Labute approximate surface area is 166 Å². The molecule has 2 amide bonds. The number of carbonyl (C=O) groups excluding carboxylic acids is 2. The molecule has 0 aromatic heterocycles. The summed E-state index contributed by atoms with van der Waals surface area (Å²) in [5.74, 6) is 0.782. The number of anilines is 1. The van der Waals surface area contributed by atoms with Crippen LogP contribution in [0.2, 0.25) is 0 Å². The van der Waals surface area contributed by atoms with Crippen LogP contribution in [0.25, 0.3) is 0 Å². The van der Waals surface area contributed by atoms with E-state index in [2.05, 4.69) is 5.32 Å². The summed E-state index contributed by atoms with van der Waals surface area (Å²) in [6.45, 7) is 7.82. The largest absolute Gasteiger partial charge is 0.494 e. The Kier molecular flexibility index (Phi) is 6.34. The van der Waals surface area contributed by atoms with Gasteiger partial charge in [-0.1, -0.05) is 6.07 Å². The van der Waals surface area contributed by atoms with E-state index in [0.717, 1.165) is 22.6 Å². The Morgan fingerprint density at radius 3 is 2.32 bits per heavy atom. The van der Waals surface area contributed by atoms with E-state index in [-0.39, 0.29) is 17.7 Å². The average Bonchev–Trinajstić information content (AvgIpc) is 2.71. The van der Waals surface area contributed by atoms with Crippen LogP contribution >= 0.6 is 0 Å². The summed E-state index contributed by atoms with van der Waals surface area (Å²) >= 11 is 0. The molecule has 0 saturated carbocycles. The lowest BCUT2D eigenvalue weighted by atomic mass is 9.95. The Balaban J connectivity index is 1.53. The van der Waals surface area contributed by atoms with E-state index >= 15 is 0 Å². The normalized spacial score (nSPS) is 14.6. The Bertz CT molecular complexity index is 837. The third-order valence-corrected chi connectivity index (χ3v) is 5.34. The van der Waals surface area contributed by atoms with Crippen LogP contribution in [-0.2, 0) is 4.79 Å². The van der Waals surface area contributed by atoms with Gasteiger partial charge >= 0.3 is 0 Å². The number of amides is 2. The predicted octanol–water partition coefficient (Wildman–Crippen LogP) is 4.19. The molecule has 0 bridgehead atoms. The van der Waals surface area contributed by atoms with Crippen LogP contribution in [0.5, 0.6) is 5.75 Å². The first-order valence-corrected chi connectivity index (χ1v) is 9.88. The highest BCUT2D eigenvalue weighted by Gasteiger charge is 2.28. The van der Waals surface area contributed by atoms with Crippen LogP contribution in [0, 0.1) is 19.8 Å². The van der Waals surface area contributed by atoms with Gasteiger partial charge in [-0.3, -0.25) is 9.59 Å². The van der Waals surface area contributed by atoms with Gasteiger partial charge in [0.05, 0.1) is 6.61 Å². The summed E-state index contributed by atoms with van der Waals surface area (Å²) in [7, 11) is 0. The molecule has 0 aliphatic carbocycles. The standard InChI is InChI=1S/C23H28N2O3/c1-4-28-21-9-7-20(8-10-21)24-22(26)18-11-13-25(14-12-18)23(27)19-6-5-16(2)17(3)15-19/h5-10,15,18H,4,11-14H2,1-3H3,(H,24,26). The van der Waals surface area contributed by atoms with Crippen LogP contribution in [-0.4, -0.2) is 36.4 Å². The molecule has 1 saturated heterocycles. The maximum absolute atomic E-state index is 12.7. The van der Waals surface area contributed by atoms with Gasteiger partial charge in [-0.2, -0.15) is 0 Å². The lowest BCUT2D eigenvalue weighted by molar-refractivity contribution is -0.121. The van der Waals surface area contributed by atoms with Gasteiger partial charge in [0, 0.05) is 30.3 Å². The number of carbonyl (C=O) groups is 2. The summed E-state index contributed by atoms with van der Waals surface area (Å²) in [5.41, 5.74) is 3.79. The zero-order chi connectivity index (χ0) is 20.1. The molecular weight excluding hydrogens is 352 g/mol. The van der Waals surface area contributed by atoms with Crippen molar-refractivity contribution in [2.24, 2.45) is 5.92 Å². The second-order valence-electron chi connectivity index (χ2n) is 7.31. The maximum Gasteiger partial charge on any atom is 0.253 e. The van der Waals surface area contributed by atoms with Crippen LogP contribution in [0.3, 0.4) is 0 Å². The van der Waals surface area contributed by atoms with Gasteiger partial charge in [0.1, 0.15) is 5.75 Å². The minimum absolute atomic E-state index is 0.0161. The smallest absolute Gasteiger partial charge is 0.253 e. The number of rotatable bonds is 5. The van der Waals surface area contributed by atoms with Crippen molar-refractivity contribution in [1.29, 1.82) is 0 Å². The molecule has 0 radical (unpaired) electrons. The highest BCUT2D eigenvalue weighted by Crippen LogP contribution is 2.23. The molecule has 0 unspecified atom stereocenters. The van der Waals surface area contributed by atoms with Crippen LogP contribution < -0.4 is 10.1 Å². The summed E-state index contributed by atoms with van der Waals surface area (Å²) in [5, 5.41) is 2.97. The molecule has 5 nitrogen and oxygen atoms in total. The molecule has 0 atom stereocenters. The number of nitrogens with one attached hydrogen (secondary N) is 1. The number of nitrogens with zero attached hydrogens (tertiary/aromatic N) is 1. The third kappa shape index (κ3) is 4.71. The van der Waals surface area contributed by atoms with E-state index in [4.69, 9.17) is 4.74 Å². The van der Waals surface area contributed by atoms with Gasteiger partial charge in [0.25, 0.3) is 5.91 Å². The van der Waals surface area contributed by atoms with Crippen molar-refractivity contribution in [3.63, 3.8) is 0 Å². The van der Waals surface area contributed by atoms with E-state index in [9.17, 15) is 9.59 Å². The van der Waals surface area contributed by atoms with Crippen molar-refractivity contribution in [3.05, 3.63) is 59.2 Å². The molecule has 1 aliphatic rings. The zero-order valence-corrected chi connectivity index (χ0v) is 16.8. The lowest BCUT2D eigenvalue weighted by Crippen LogP contribution is -2.41. The average molecular weight is 380 g/mol. The minimum Gasteiger partial charge on any atom is -0.494 e. The molecule has 1 aliphatic heterocycles. The fourth-order valence-corrected chi connectivity index (χ4v) is 3.45. The Morgan fingerprint density at radius 1 is 1.04 bits per heavy atom. The monoisotopic (exact) mass is 380 g/mol. The quantitative estimate of drug-likeness (QED) is 0.846. The number of likely N-dealkylation sites (tertiary alicyclic amines) is 1. The molecule has 2 aromatic rings. The molecule has 28 heavy (non-hydrogen) atoms. The zero-order valence-electron chi connectivity index (χ0n) is 16.8. The molecule has 148 valence electrons. The first kappa shape index (κ1) is 19.9. The summed E-state index contributed by atoms with van der Waals surface area (Å²) in [6, 6.07) is 13.2. The summed E-state index contributed by atoms with van der Waals surface area (Å²) in [4.78, 5) is 27.1. The van der Waals surface area contributed by atoms with E-state index in [1.165, 1.54) is 5.56 Å². The van der Waals surface area contributed by atoms with Gasteiger partial charge < -0.3 is 15.0 Å². The fourth-order valence-electron chi connectivity index (χ4n) is 3.45. The fraction of sp³-hybridized carbons (Fsp3) is 0.391. The second kappa shape index (κ2) is 8.91. The lowest BCUT2D eigenvalue weighted by Gasteiger charge is -2.31. The van der Waals surface area contributed by atoms with Crippen LogP contribution in [0.15, 0.2) is 42.5 Å². The number of benzene rings is 2. The number of ether oxygens (including phenoxy) is 1. The van der Waals surface area contributed by atoms with Gasteiger partial charge in [-0.15, -0.1) is 0 Å². The maximum atomic E-state index is 12.7. The van der Waals surface area contributed by atoms with E-state index in [0.29, 0.717) is 32.5 Å². The highest BCUT2D eigenvalue weighted by atomic mass is 16.5.